The van der Waals surface area contributed by atoms with E-state index in [2.05, 4.69) is 9.82 Å². The van der Waals surface area contributed by atoms with E-state index in [-0.39, 0.29) is 28.9 Å². The quantitative estimate of drug-likeness (QED) is 0.660. The molecule has 1 aromatic rings. The summed E-state index contributed by atoms with van der Waals surface area (Å²) in [5.74, 6) is 0.0179. The van der Waals surface area contributed by atoms with Gasteiger partial charge in [-0.2, -0.15) is 5.10 Å². The number of hydrogen-bond acceptors (Lipinski definition) is 6. The Morgan fingerprint density at radius 3 is 2.85 bits per heavy atom. The van der Waals surface area contributed by atoms with E-state index in [1.165, 1.54) is 17.1 Å². The van der Waals surface area contributed by atoms with Crippen LogP contribution in [0.1, 0.15) is 6.42 Å². The van der Waals surface area contributed by atoms with Crippen molar-refractivity contribution in [3.63, 3.8) is 0 Å². The molecule has 0 aliphatic carbocycles. The second-order valence-corrected chi connectivity index (χ2v) is 8.84. The largest absolute Gasteiger partial charge is 0.329 e. The van der Waals surface area contributed by atoms with Crippen LogP contribution in [0.25, 0.3) is 0 Å². The van der Waals surface area contributed by atoms with Crippen molar-refractivity contribution in [2.24, 2.45) is 11.7 Å². The molecule has 0 radical (unpaired) electrons. The predicted molar refractivity (Wildman–Crippen MR) is 73.2 cm³/mol. The van der Waals surface area contributed by atoms with Crippen LogP contribution in [0.2, 0.25) is 0 Å². The van der Waals surface area contributed by atoms with E-state index in [1.807, 2.05) is 0 Å². The molecule has 1 atom stereocenters. The SMILES string of the molecule is NCCn1cc(S(=O)(=O)NCC2CCS(=O)(=O)C2)cn1. The van der Waals surface area contributed by atoms with Crippen LogP contribution in [-0.4, -0.2) is 51.2 Å². The Morgan fingerprint density at radius 1 is 1.50 bits per heavy atom. The summed E-state index contributed by atoms with van der Waals surface area (Å²) in [6, 6.07) is 0. The Balaban J connectivity index is 1.97. The van der Waals surface area contributed by atoms with E-state index in [1.54, 1.807) is 0 Å². The summed E-state index contributed by atoms with van der Waals surface area (Å²) >= 11 is 0. The third-order valence-electron chi connectivity index (χ3n) is 3.17. The molecular formula is C10H18N4O4S2. The predicted octanol–water partition coefficient (Wildman–Crippen LogP) is -1.45. The highest BCUT2D eigenvalue weighted by Gasteiger charge is 2.29. The molecule has 0 amide bonds. The highest BCUT2D eigenvalue weighted by Crippen LogP contribution is 2.18. The van der Waals surface area contributed by atoms with Crippen LogP contribution in [0.3, 0.4) is 0 Å². The van der Waals surface area contributed by atoms with E-state index in [9.17, 15) is 16.8 Å². The lowest BCUT2D eigenvalue weighted by molar-refractivity contribution is 0.543. The molecule has 1 aliphatic heterocycles. The zero-order valence-electron chi connectivity index (χ0n) is 10.9. The van der Waals surface area contributed by atoms with E-state index < -0.39 is 19.9 Å². The fourth-order valence-corrected chi connectivity index (χ4v) is 5.01. The van der Waals surface area contributed by atoms with Gasteiger partial charge in [0.05, 0.1) is 24.2 Å². The maximum atomic E-state index is 12.0. The summed E-state index contributed by atoms with van der Waals surface area (Å²) < 4.78 is 50.5. The van der Waals surface area contributed by atoms with Crippen molar-refractivity contribution in [1.82, 2.24) is 14.5 Å². The van der Waals surface area contributed by atoms with Crippen LogP contribution in [-0.2, 0) is 26.4 Å². The third kappa shape index (κ3) is 3.78. The molecule has 3 N–H and O–H groups in total. The highest BCUT2D eigenvalue weighted by molar-refractivity contribution is 7.91. The van der Waals surface area contributed by atoms with Crippen molar-refractivity contribution in [3.05, 3.63) is 12.4 Å². The summed E-state index contributed by atoms with van der Waals surface area (Å²) in [5, 5.41) is 3.90. The van der Waals surface area contributed by atoms with Gasteiger partial charge < -0.3 is 5.73 Å². The monoisotopic (exact) mass is 322 g/mol. The van der Waals surface area contributed by atoms with Gasteiger partial charge in [0.2, 0.25) is 10.0 Å². The van der Waals surface area contributed by atoms with Gasteiger partial charge in [0.1, 0.15) is 4.90 Å². The first-order valence-electron chi connectivity index (χ1n) is 6.25. The number of hydrogen-bond donors (Lipinski definition) is 2. The molecule has 0 bridgehead atoms. The summed E-state index contributed by atoms with van der Waals surface area (Å²) in [5.41, 5.74) is 5.36. The topological polar surface area (TPSA) is 124 Å². The molecule has 8 nitrogen and oxygen atoms in total. The Kier molecular flexibility index (Phi) is 4.47. The minimum Gasteiger partial charge on any atom is -0.329 e. The molecular weight excluding hydrogens is 304 g/mol. The third-order valence-corrected chi connectivity index (χ3v) is 6.38. The standard InChI is InChI=1S/C10H18N4O4S2/c11-2-3-14-7-10(6-12-14)20(17,18)13-5-9-1-4-19(15,16)8-9/h6-7,9,13H,1-5,8,11H2. The molecule has 2 rings (SSSR count). The normalized spacial score (nSPS) is 22.1. The maximum absolute atomic E-state index is 12.0. The van der Waals surface area contributed by atoms with E-state index in [0.29, 0.717) is 19.5 Å². The summed E-state index contributed by atoms with van der Waals surface area (Å²) in [6.45, 7) is 0.939. The van der Waals surface area contributed by atoms with Crippen molar-refractivity contribution < 1.29 is 16.8 Å². The molecule has 20 heavy (non-hydrogen) atoms. The maximum Gasteiger partial charge on any atom is 0.243 e. The van der Waals surface area contributed by atoms with Gasteiger partial charge in [-0.15, -0.1) is 0 Å². The summed E-state index contributed by atoms with van der Waals surface area (Å²) in [7, 11) is -6.65. The summed E-state index contributed by atoms with van der Waals surface area (Å²) in [4.78, 5) is 0.0619. The van der Waals surface area contributed by atoms with Crippen molar-refractivity contribution in [3.8, 4) is 0 Å². The van der Waals surface area contributed by atoms with Gasteiger partial charge in [-0.25, -0.2) is 21.6 Å². The first kappa shape index (κ1) is 15.4. The summed E-state index contributed by atoms with van der Waals surface area (Å²) in [6.07, 6.45) is 3.15. The number of aromatic nitrogens is 2. The molecule has 1 unspecified atom stereocenters. The lowest BCUT2D eigenvalue weighted by atomic mass is 10.1. The zero-order chi connectivity index (χ0) is 14.8. The second kappa shape index (κ2) is 5.80. The number of nitrogens with zero attached hydrogens (tertiary/aromatic N) is 2. The van der Waals surface area contributed by atoms with Gasteiger partial charge in [-0.3, -0.25) is 4.68 Å². The fourth-order valence-electron chi connectivity index (χ4n) is 2.08. The molecule has 10 heteroatoms. The van der Waals surface area contributed by atoms with Gasteiger partial charge in [0.25, 0.3) is 0 Å². The molecule has 1 aliphatic rings. The molecule has 1 aromatic heterocycles. The second-order valence-electron chi connectivity index (χ2n) is 4.85. The average Bonchev–Trinajstić information content (AvgIpc) is 2.94. The van der Waals surface area contributed by atoms with Crippen LogP contribution in [0.5, 0.6) is 0 Å². The molecule has 1 saturated heterocycles. The number of nitrogens with one attached hydrogen (secondary N) is 1. The fraction of sp³-hybridized carbons (Fsp3) is 0.700. The van der Waals surface area contributed by atoms with Crippen LogP contribution in [0, 0.1) is 5.92 Å². The highest BCUT2D eigenvalue weighted by atomic mass is 32.2. The minimum atomic E-state index is -3.65. The molecule has 2 heterocycles. The van der Waals surface area contributed by atoms with Crippen LogP contribution < -0.4 is 10.5 Å². The van der Waals surface area contributed by atoms with Crippen LogP contribution in [0.15, 0.2) is 17.3 Å². The van der Waals surface area contributed by atoms with E-state index in [4.69, 9.17) is 5.73 Å². The number of sulfonamides is 1. The molecule has 1 fully saturated rings. The molecule has 0 spiro atoms. The zero-order valence-corrected chi connectivity index (χ0v) is 12.5. The van der Waals surface area contributed by atoms with Gasteiger partial charge >= 0.3 is 0 Å². The van der Waals surface area contributed by atoms with E-state index in [0.717, 1.165) is 0 Å². The Morgan fingerprint density at radius 2 is 2.25 bits per heavy atom. The van der Waals surface area contributed by atoms with Crippen molar-refractivity contribution in [1.29, 1.82) is 0 Å². The van der Waals surface area contributed by atoms with Crippen molar-refractivity contribution >= 4 is 19.9 Å². The number of sulfone groups is 1. The van der Waals surface area contributed by atoms with Gasteiger partial charge in [-0.05, 0) is 12.3 Å². The first-order chi connectivity index (χ1) is 9.32. The molecule has 0 aromatic carbocycles. The minimum absolute atomic E-state index is 0.0436. The average molecular weight is 322 g/mol. The Hall–Kier alpha value is -0.970. The van der Waals surface area contributed by atoms with Gasteiger partial charge in [-0.1, -0.05) is 0 Å². The Labute approximate surface area is 118 Å². The number of rotatable bonds is 6. The van der Waals surface area contributed by atoms with Crippen LogP contribution in [0.4, 0.5) is 0 Å². The lowest BCUT2D eigenvalue weighted by Gasteiger charge is -2.08. The Bertz CT molecular complexity index is 665. The van der Waals surface area contributed by atoms with Crippen molar-refractivity contribution in [2.45, 2.75) is 17.9 Å². The van der Waals surface area contributed by atoms with E-state index >= 15 is 0 Å². The number of nitrogens with two attached hydrogens (primary N) is 1. The van der Waals surface area contributed by atoms with Crippen molar-refractivity contribution in [2.75, 3.05) is 24.6 Å². The van der Waals surface area contributed by atoms with Gasteiger partial charge in [0.15, 0.2) is 9.84 Å². The van der Waals surface area contributed by atoms with Gasteiger partial charge in [0, 0.05) is 19.3 Å². The smallest absolute Gasteiger partial charge is 0.243 e. The van der Waals surface area contributed by atoms with Crippen LogP contribution >= 0.6 is 0 Å². The lowest BCUT2D eigenvalue weighted by Crippen LogP contribution is -2.29. The molecule has 114 valence electrons. The first-order valence-corrected chi connectivity index (χ1v) is 9.55. The molecule has 0 saturated carbocycles.